The molecular formula is C18H29NO5. The average Bonchev–Trinajstić information content (AvgIpc) is 2.50. The molecule has 0 aromatic rings. The number of ketones is 1. The monoisotopic (exact) mass is 339 g/mol. The summed E-state index contributed by atoms with van der Waals surface area (Å²) in [4.78, 5) is 35.5. The number of esters is 1. The van der Waals surface area contributed by atoms with E-state index in [1.165, 1.54) is 13.8 Å². The lowest BCUT2D eigenvalue weighted by Gasteiger charge is -2.31. The molecule has 2 N–H and O–H groups in total. The van der Waals surface area contributed by atoms with E-state index in [1.54, 1.807) is 13.8 Å². The van der Waals surface area contributed by atoms with Gasteiger partial charge in [-0.2, -0.15) is 0 Å². The van der Waals surface area contributed by atoms with Gasteiger partial charge in [0, 0.05) is 5.92 Å². The fourth-order valence-electron chi connectivity index (χ4n) is 2.87. The van der Waals surface area contributed by atoms with Gasteiger partial charge in [-0.3, -0.25) is 9.59 Å². The van der Waals surface area contributed by atoms with Crippen LogP contribution in [0.5, 0.6) is 0 Å². The minimum absolute atomic E-state index is 0.119. The van der Waals surface area contributed by atoms with E-state index in [0.717, 1.165) is 18.9 Å². The molecule has 0 atom stereocenters. The minimum atomic E-state index is -1.29. The summed E-state index contributed by atoms with van der Waals surface area (Å²) in [6.45, 7) is 9.82. The molecule has 0 saturated heterocycles. The molecule has 6 heteroatoms. The molecule has 1 saturated carbocycles. The number of nitrogens with one attached hydrogen (secondary N) is 1. The second kappa shape index (κ2) is 7.92. The first-order valence-electron chi connectivity index (χ1n) is 8.36. The van der Waals surface area contributed by atoms with Gasteiger partial charge in [0.2, 0.25) is 5.91 Å². The van der Waals surface area contributed by atoms with Crippen LogP contribution < -0.4 is 5.32 Å². The summed E-state index contributed by atoms with van der Waals surface area (Å²) in [7, 11) is 0. The van der Waals surface area contributed by atoms with Gasteiger partial charge in [0.1, 0.15) is 11.1 Å². The number of hydrogen-bond donors (Lipinski definition) is 2. The van der Waals surface area contributed by atoms with Crippen molar-refractivity contribution >= 4 is 17.7 Å². The van der Waals surface area contributed by atoms with Crippen LogP contribution in [0.3, 0.4) is 0 Å². The summed E-state index contributed by atoms with van der Waals surface area (Å²) in [6, 6.07) is 0. The number of Topliss-reactive ketones (excluding diaryl/α,β-unsaturated/α-hetero) is 1. The summed E-state index contributed by atoms with van der Waals surface area (Å²) in [5.74, 6) is -0.966. The van der Waals surface area contributed by atoms with Crippen LogP contribution in [-0.2, 0) is 19.1 Å². The Bertz CT molecular complexity index is 496. The Morgan fingerprint density at radius 2 is 1.71 bits per heavy atom. The van der Waals surface area contributed by atoms with E-state index in [4.69, 9.17) is 4.74 Å². The van der Waals surface area contributed by atoms with Crippen LogP contribution in [-0.4, -0.2) is 40.5 Å². The van der Waals surface area contributed by atoms with Crippen molar-refractivity contribution in [3.8, 4) is 0 Å². The minimum Gasteiger partial charge on any atom is -0.464 e. The smallest absolute Gasteiger partial charge is 0.331 e. The van der Waals surface area contributed by atoms with Crippen molar-refractivity contribution in [1.29, 1.82) is 0 Å². The maximum atomic E-state index is 12.1. The standard InChI is InChI=1S/C18H29NO5/c1-6-14(20)19-17(2,3)16(22)24-11-12-7-9-13(10-8-12)15(21)18(4,5)23/h6,12-13,23H,1,7-11H2,2-5H3,(H,19,20). The summed E-state index contributed by atoms with van der Waals surface area (Å²) in [5, 5.41) is 12.3. The molecule has 1 fully saturated rings. The van der Waals surface area contributed by atoms with E-state index in [0.29, 0.717) is 12.8 Å². The molecule has 0 aliphatic heterocycles. The molecule has 0 heterocycles. The van der Waals surface area contributed by atoms with Crippen LogP contribution in [0.1, 0.15) is 53.4 Å². The number of hydrogen-bond acceptors (Lipinski definition) is 5. The van der Waals surface area contributed by atoms with Gasteiger partial charge in [-0.1, -0.05) is 6.58 Å². The molecule has 136 valence electrons. The first-order valence-corrected chi connectivity index (χ1v) is 8.36. The summed E-state index contributed by atoms with van der Waals surface area (Å²) in [5.41, 5.74) is -2.41. The van der Waals surface area contributed by atoms with Crippen LogP contribution in [0.25, 0.3) is 0 Å². The lowest BCUT2D eigenvalue weighted by molar-refractivity contribution is -0.154. The van der Waals surface area contributed by atoms with E-state index >= 15 is 0 Å². The van der Waals surface area contributed by atoms with E-state index in [9.17, 15) is 19.5 Å². The normalized spacial score (nSPS) is 21.7. The van der Waals surface area contributed by atoms with Gasteiger partial charge < -0.3 is 15.2 Å². The summed E-state index contributed by atoms with van der Waals surface area (Å²) < 4.78 is 5.33. The Labute approximate surface area is 143 Å². The molecule has 0 unspecified atom stereocenters. The second-order valence-electron chi connectivity index (χ2n) is 7.56. The first kappa shape index (κ1) is 20.4. The van der Waals surface area contributed by atoms with Crippen molar-refractivity contribution in [1.82, 2.24) is 5.32 Å². The van der Waals surface area contributed by atoms with Gasteiger partial charge in [0.25, 0.3) is 0 Å². The maximum absolute atomic E-state index is 12.1. The number of aliphatic hydroxyl groups is 1. The lowest BCUT2D eigenvalue weighted by atomic mass is 9.77. The van der Waals surface area contributed by atoms with Crippen molar-refractivity contribution in [2.24, 2.45) is 11.8 Å². The topological polar surface area (TPSA) is 92.7 Å². The Kier molecular flexibility index (Phi) is 6.72. The molecule has 1 rings (SSSR count). The quantitative estimate of drug-likeness (QED) is 0.544. The van der Waals surface area contributed by atoms with Crippen LogP contribution in [0.4, 0.5) is 0 Å². The highest BCUT2D eigenvalue weighted by Crippen LogP contribution is 2.32. The largest absolute Gasteiger partial charge is 0.464 e. The second-order valence-corrected chi connectivity index (χ2v) is 7.56. The van der Waals surface area contributed by atoms with E-state index < -0.39 is 23.0 Å². The SMILES string of the molecule is C=CC(=O)NC(C)(C)C(=O)OCC1CCC(C(=O)C(C)(C)O)CC1. The fourth-order valence-corrected chi connectivity index (χ4v) is 2.87. The van der Waals surface area contributed by atoms with Gasteiger partial charge in [0.05, 0.1) is 6.61 Å². The molecule has 6 nitrogen and oxygen atoms in total. The van der Waals surface area contributed by atoms with Crippen LogP contribution in [0.2, 0.25) is 0 Å². The van der Waals surface area contributed by atoms with Crippen LogP contribution in [0.15, 0.2) is 12.7 Å². The molecule has 0 radical (unpaired) electrons. The number of amides is 1. The van der Waals surface area contributed by atoms with E-state index in [2.05, 4.69) is 11.9 Å². The van der Waals surface area contributed by atoms with Gasteiger partial charge in [0.15, 0.2) is 5.78 Å². The van der Waals surface area contributed by atoms with Gasteiger partial charge in [-0.05, 0) is 65.4 Å². The average molecular weight is 339 g/mol. The third-order valence-corrected chi connectivity index (χ3v) is 4.40. The zero-order chi connectivity index (χ0) is 18.5. The highest BCUT2D eigenvalue weighted by Gasteiger charge is 2.35. The molecule has 0 aromatic heterocycles. The van der Waals surface area contributed by atoms with Crippen molar-refractivity contribution in [3.05, 3.63) is 12.7 Å². The first-order chi connectivity index (χ1) is 11.0. The number of carbonyl (C=O) groups excluding carboxylic acids is 3. The summed E-state index contributed by atoms with van der Waals surface area (Å²) >= 11 is 0. The zero-order valence-corrected chi connectivity index (χ0v) is 15.1. The van der Waals surface area contributed by atoms with Gasteiger partial charge in [-0.25, -0.2) is 4.79 Å². The molecule has 0 bridgehead atoms. The lowest BCUT2D eigenvalue weighted by Crippen LogP contribution is -2.50. The molecule has 1 amide bonds. The predicted octanol–water partition coefficient (Wildman–Crippen LogP) is 1.76. The Hall–Kier alpha value is -1.69. The molecule has 0 spiro atoms. The predicted molar refractivity (Wildman–Crippen MR) is 90.1 cm³/mol. The fraction of sp³-hybridized carbons (Fsp3) is 0.722. The maximum Gasteiger partial charge on any atom is 0.331 e. The molecule has 1 aliphatic rings. The highest BCUT2D eigenvalue weighted by atomic mass is 16.5. The number of rotatable bonds is 7. The molecule has 0 aromatic carbocycles. The third kappa shape index (κ3) is 5.74. The van der Waals surface area contributed by atoms with Crippen LogP contribution in [0, 0.1) is 11.8 Å². The Morgan fingerprint density at radius 3 is 2.17 bits per heavy atom. The Balaban J connectivity index is 2.43. The molecule has 24 heavy (non-hydrogen) atoms. The van der Waals surface area contributed by atoms with Crippen LogP contribution >= 0.6 is 0 Å². The van der Waals surface area contributed by atoms with E-state index in [-0.39, 0.29) is 24.2 Å². The van der Waals surface area contributed by atoms with Gasteiger partial charge >= 0.3 is 5.97 Å². The zero-order valence-electron chi connectivity index (χ0n) is 15.1. The van der Waals surface area contributed by atoms with Crippen molar-refractivity contribution in [2.75, 3.05) is 6.61 Å². The third-order valence-electron chi connectivity index (χ3n) is 4.40. The molecular weight excluding hydrogens is 310 g/mol. The van der Waals surface area contributed by atoms with Crippen molar-refractivity contribution in [2.45, 2.75) is 64.5 Å². The van der Waals surface area contributed by atoms with E-state index in [1.807, 2.05) is 0 Å². The Morgan fingerprint density at radius 1 is 1.17 bits per heavy atom. The number of ether oxygens (including phenoxy) is 1. The van der Waals surface area contributed by atoms with Crippen molar-refractivity contribution < 1.29 is 24.2 Å². The van der Waals surface area contributed by atoms with Crippen molar-refractivity contribution in [3.63, 3.8) is 0 Å². The number of carbonyl (C=O) groups is 3. The summed E-state index contributed by atoms with van der Waals surface area (Å²) in [6.07, 6.45) is 4.05. The van der Waals surface area contributed by atoms with Gasteiger partial charge in [-0.15, -0.1) is 0 Å². The highest BCUT2D eigenvalue weighted by molar-refractivity contribution is 5.92. The molecule has 1 aliphatic carbocycles.